The molecule has 23 heavy (non-hydrogen) atoms. The summed E-state index contributed by atoms with van der Waals surface area (Å²) in [4.78, 5) is 16.0. The summed E-state index contributed by atoms with van der Waals surface area (Å²) in [6.45, 7) is 1.20. The van der Waals surface area contributed by atoms with Gasteiger partial charge in [-0.05, 0) is 36.4 Å². The van der Waals surface area contributed by atoms with Crippen LogP contribution in [0.4, 0.5) is 11.5 Å². The number of carbonyl (C=O) groups excluding carboxylic acids is 1. The first-order valence-electron chi connectivity index (χ1n) is 7.04. The Morgan fingerprint density at radius 3 is 2.65 bits per heavy atom. The molecule has 0 unspecified atom stereocenters. The summed E-state index contributed by atoms with van der Waals surface area (Å²) in [6.07, 6.45) is 1.64. The van der Waals surface area contributed by atoms with Gasteiger partial charge in [-0.15, -0.1) is 0 Å². The quantitative estimate of drug-likeness (QED) is 0.726. The largest absolute Gasteiger partial charge is 0.484 e. The van der Waals surface area contributed by atoms with Crippen molar-refractivity contribution in [2.75, 3.05) is 37.5 Å². The Morgan fingerprint density at radius 2 is 2.00 bits per heavy atom. The second-order valence-corrected chi connectivity index (χ2v) is 5.08. The second-order valence-electron chi connectivity index (χ2n) is 4.64. The van der Waals surface area contributed by atoms with Crippen LogP contribution < -0.4 is 15.4 Å². The summed E-state index contributed by atoms with van der Waals surface area (Å²) in [5, 5.41) is 6.42. The van der Waals surface area contributed by atoms with Crippen molar-refractivity contribution in [3.8, 4) is 5.75 Å². The number of ether oxygens (including phenoxy) is 2. The van der Waals surface area contributed by atoms with Crippen LogP contribution in [0.2, 0.25) is 5.02 Å². The predicted octanol–water partition coefficient (Wildman–Crippen LogP) is 2.81. The monoisotopic (exact) mass is 335 g/mol. The van der Waals surface area contributed by atoms with Gasteiger partial charge in [0.2, 0.25) is 0 Å². The number of halogens is 1. The number of anilines is 2. The van der Waals surface area contributed by atoms with Crippen molar-refractivity contribution in [3.63, 3.8) is 0 Å². The fourth-order valence-corrected chi connectivity index (χ4v) is 1.85. The highest BCUT2D eigenvalue weighted by Crippen LogP contribution is 2.15. The number of methoxy groups -OCH3 is 1. The minimum atomic E-state index is -0.285. The van der Waals surface area contributed by atoms with Crippen molar-refractivity contribution in [1.29, 1.82) is 0 Å². The first-order valence-corrected chi connectivity index (χ1v) is 7.42. The first kappa shape index (κ1) is 17.1. The third-order valence-electron chi connectivity index (χ3n) is 2.85. The van der Waals surface area contributed by atoms with E-state index in [9.17, 15) is 4.79 Å². The molecule has 1 heterocycles. The molecule has 1 aromatic carbocycles. The SMILES string of the molecule is COCCNc1ccc(NC(=O)COc2ccc(Cl)cc2)nc1. The van der Waals surface area contributed by atoms with Gasteiger partial charge in [0.25, 0.3) is 5.91 Å². The van der Waals surface area contributed by atoms with E-state index in [4.69, 9.17) is 21.1 Å². The molecule has 0 aliphatic rings. The van der Waals surface area contributed by atoms with Gasteiger partial charge in [0.15, 0.2) is 6.61 Å². The van der Waals surface area contributed by atoms with Crippen molar-refractivity contribution in [1.82, 2.24) is 4.98 Å². The van der Waals surface area contributed by atoms with Gasteiger partial charge in [0, 0.05) is 18.7 Å². The Labute approximate surface area is 139 Å². The number of amides is 1. The van der Waals surface area contributed by atoms with Gasteiger partial charge in [-0.3, -0.25) is 4.79 Å². The van der Waals surface area contributed by atoms with E-state index in [0.29, 0.717) is 29.7 Å². The average molecular weight is 336 g/mol. The maximum absolute atomic E-state index is 11.8. The molecule has 0 aliphatic carbocycles. The molecule has 0 bridgehead atoms. The van der Waals surface area contributed by atoms with E-state index in [1.807, 2.05) is 6.07 Å². The zero-order chi connectivity index (χ0) is 16.5. The van der Waals surface area contributed by atoms with Crippen LogP contribution in [0.1, 0.15) is 0 Å². The fraction of sp³-hybridized carbons (Fsp3) is 0.250. The minimum absolute atomic E-state index is 0.100. The zero-order valence-electron chi connectivity index (χ0n) is 12.7. The summed E-state index contributed by atoms with van der Waals surface area (Å²) in [5.74, 6) is 0.759. The summed E-state index contributed by atoms with van der Waals surface area (Å²) in [7, 11) is 1.64. The van der Waals surface area contributed by atoms with Crippen LogP contribution in [0.15, 0.2) is 42.6 Å². The van der Waals surface area contributed by atoms with Gasteiger partial charge in [-0.2, -0.15) is 0 Å². The van der Waals surface area contributed by atoms with Crippen molar-refractivity contribution < 1.29 is 14.3 Å². The molecule has 122 valence electrons. The summed E-state index contributed by atoms with van der Waals surface area (Å²) < 4.78 is 10.3. The number of aromatic nitrogens is 1. The van der Waals surface area contributed by atoms with E-state index >= 15 is 0 Å². The molecule has 0 spiro atoms. The molecule has 1 amide bonds. The van der Waals surface area contributed by atoms with E-state index in [-0.39, 0.29) is 12.5 Å². The third-order valence-corrected chi connectivity index (χ3v) is 3.10. The van der Waals surface area contributed by atoms with Crippen molar-refractivity contribution >= 4 is 29.0 Å². The molecule has 2 aromatic rings. The molecule has 0 atom stereocenters. The van der Waals surface area contributed by atoms with Crippen molar-refractivity contribution in [2.45, 2.75) is 0 Å². The number of benzene rings is 1. The van der Waals surface area contributed by atoms with Crippen molar-refractivity contribution in [3.05, 3.63) is 47.6 Å². The number of hydrogen-bond donors (Lipinski definition) is 2. The normalized spacial score (nSPS) is 10.2. The molecule has 1 aromatic heterocycles. The lowest BCUT2D eigenvalue weighted by molar-refractivity contribution is -0.118. The lowest BCUT2D eigenvalue weighted by atomic mass is 10.3. The highest BCUT2D eigenvalue weighted by molar-refractivity contribution is 6.30. The first-order chi connectivity index (χ1) is 11.2. The van der Waals surface area contributed by atoms with Gasteiger partial charge in [-0.1, -0.05) is 11.6 Å². The molecule has 6 nitrogen and oxygen atoms in total. The van der Waals surface area contributed by atoms with Crippen LogP contribution in [0.25, 0.3) is 0 Å². The topological polar surface area (TPSA) is 72.5 Å². The number of rotatable bonds is 8. The zero-order valence-corrected chi connectivity index (χ0v) is 13.5. The van der Waals surface area contributed by atoms with E-state index in [1.165, 1.54) is 0 Å². The smallest absolute Gasteiger partial charge is 0.263 e. The maximum atomic E-state index is 11.8. The van der Waals surface area contributed by atoms with E-state index < -0.39 is 0 Å². The highest BCUT2D eigenvalue weighted by atomic mass is 35.5. The molecule has 0 radical (unpaired) electrons. The number of carbonyl (C=O) groups is 1. The fourth-order valence-electron chi connectivity index (χ4n) is 1.73. The van der Waals surface area contributed by atoms with Crippen LogP contribution in [0, 0.1) is 0 Å². The van der Waals surface area contributed by atoms with Gasteiger partial charge >= 0.3 is 0 Å². The Kier molecular flexibility index (Phi) is 6.65. The van der Waals surface area contributed by atoms with Gasteiger partial charge in [-0.25, -0.2) is 4.98 Å². The molecule has 0 aliphatic heterocycles. The highest BCUT2D eigenvalue weighted by Gasteiger charge is 2.05. The second kappa shape index (κ2) is 8.97. The average Bonchev–Trinajstić information content (AvgIpc) is 2.56. The number of pyridine rings is 1. The minimum Gasteiger partial charge on any atom is -0.484 e. The molecule has 0 fully saturated rings. The Bertz CT molecular complexity index is 617. The molecular formula is C16H18ClN3O3. The van der Waals surface area contributed by atoms with Crippen LogP contribution in [-0.2, 0) is 9.53 Å². The molecule has 2 N–H and O–H groups in total. The van der Waals surface area contributed by atoms with E-state index in [1.54, 1.807) is 43.6 Å². The molecule has 0 saturated heterocycles. The van der Waals surface area contributed by atoms with Crippen LogP contribution in [0.5, 0.6) is 5.75 Å². The van der Waals surface area contributed by atoms with Crippen LogP contribution in [-0.4, -0.2) is 37.8 Å². The van der Waals surface area contributed by atoms with Crippen molar-refractivity contribution in [2.24, 2.45) is 0 Å². The molecule has 2 rings (SSSR count). The van der Waals surface area contributed by atoms with Gasteiger partial charge < -0.3 is 20.1 Å². The van der Waals surface area contributed by atoms with E-state index in [0.717, 1.165) is 5.69 Å². The molecule has 7 heteroatoms. The van der Waals surface area contributed by atoms with Crippen LogP contribution in [0.3, 0.4) is 0 Å². The lowest BCUT2D eigenvalue weighted by Crippen LogP contribution is -2.20. The maximum Gasteiger partial charge on any atom is 0.263 e. The summed E-state index contributed by atoms with van der Waals surface area (Å²) >= 11 is 5.78. The third kappa shape index (κ3) is 6.14. The standard InChI is InChI=1S/C16H18ClN3O3/c1-22-9-8-18-13-4-7-15(19-10-13)20-16(21)11-23-14-5-2-12(17)3-6-14/h2-7,10,18H,8-9,11H2,1H3,(H,19,20,21). The summed E-state index contributed by atoms with van der Waals surface area (Å²) in [6, 6.07) is 10.4. The molecular weight excluding hydrogens is 318 g/mol. The predicted molar refractivity (Wildman–Crippen MR) is 90.2 cm³/mol. The molecule has 0 saturated carbocycles. The number of nitrogens with one attached hydrogen (secondary N) is 2. The van der Waals surface area contributed by atoms with E-state index in [2.05, 4.69) is 15.6 Å². The van der Waals surface area contributed by atoms with Crippen LogP contribution >= 0.6 is 11.6 Å². The lowest BCUT2D eigenvalue weighted by Gasteiger charge is -2.08. The number of hydrogen-bond acceptors (Lipinski definition) is 5. The Hall–Kier alpha value is -2.31. The Morgan fingerprint density at radius 1 is 1.22 bits per heavy atom. The summed E-state index contributed by atoms with van der Waals surface area (Å²) in [5.41, 5.74) is 0.859. The number of nitrogens with zero attached hydrogens (tertiary/aromatic N) is 1. The van der Waals surface area contributed by atoms with Gasteiger partial charge in [0.1, 0.15) is 11.6 Å². The van der Waals surface area contributed by atoms with Gasteiger partial charge in [0.05, 0.1) is 18.5 Å². The Balaban J connectivity index is 1.77.